The van der Waals surface area contributed by atoms with E-state index in [-0.39, 0.29) is 23.4 Å². The van der Waals surface area contributed by atoms with Crippen molar-refractivity contribution in [1.82, 2.24) is 5.32 Å². The van der Waals surface area contributed by atoms with Crippen molar-refractivity contribution < 1.29 is 27.9 Å². The molecule has 146 valence electrons. The van der Waals surface area contributed by atoms with E-state index in [2.05, 4.69) is 17.0 Å². The van der Waals surface area contributed by atoms with Crippen LogP contribution in [0.15, 0.2) is 18.2 Å². The van der Waals surface area contributed by atoms with Crippen LogP contribution < -0.4 is 19.7 Å². The Morgan fingerprint density at radius 2 is 2.04 bits per heavy atom. The molecule has 1 aliphatic carbocycles. The molecule has 0 aromatic heterocycles. The van der Waals surface area contributed by atoms with E-state index < -0.39 is 6.61 Å². The predicted molar refractivity (Wildman–Crippen MR) is 94.6 cm³/mol. The largest absolute Gasteiger partial charge is 0.493 e. The first-order valence-corrected chi connectivity index (χ1v) is 9.11. The van der Waals surface area contributed by atoms with Gasteiger partial charge >= 0.3 is 6.61 Å². The Morgan fingerprint density at radius 3 is 2.69 bits per heavy atom. The molecule has 26 heavy (non-hydrogen) atoms. The highest BCUT2D eigenvalue weighted by Crippen LogP contribution is 2.29. The molecule has 2 N–H and O–H groups in total. The number of ether oxygens (including phenoxy) is 2. The number of amides is 1. The SMILES string of the molecule is COc1cc(C[NH+](C)CC(=O)N[C@@H]2CCCC[C@@H]2C)ccc1OC(F)F. The van der Waals surface area contributed by atoms with E-state index in [1.165, 1.54) is 32.4 Å². The van der Waals surface area contributed by atoms with Gasteiger partial charge in [-0.05, 0) is 37.0 Å². The van der Waals surface area contributed by atoms with Gasteiger partial charge in [-0.1, -0.05) is 19.8 Å². The van der Waals surface area contributed by atoms with Crippen LogP contribution in [0, 0.1) is 5.92 Å². The van der Waals surface area contributed by atoms with E-state index in [9.17, 15) is 13.6 Å². The molecule has 1 saturated carbocycles. The van der Waals surface area contributed by atoms with Gasteiger partial charge in [0, 0.05) is 11.6 Å². The van der Waals surface area contributed by atoms with Gasteiger partial charge < -0.3 is 19.7 Å². The molecule has 1 aromatic carbocycles. The fourth-order valence-corrected chi connectivity index (χ4v) is 3.49. The predicted octanol–water partition coefficient (Wildman–Crippen LogP) is 2.01. The van der Waals surface area contributed by atoms with Crippen molar-refractivity contribution in [3.05, 3.63) is 23.8 Å². The van der Waals surface area contributed by atoms with Gasteiger partial charge in [-0.2, -0.15) is 8.78 Å². The van der Waals surface area contributed by atoms with Gasteiger partial charge in [0.2, 0.25) is 0 Å². The van der Waals surface area contributed by atoms with Gasteiger partial charge in [-0.25, -0.2) is 0 Å². The van der Waals surface area contributed by atoms with Crippen LogP contribution in [0.5, 0.6) is 11.5 Å². The molecule has 2 rings (SSSR count). The van der Waals surface area contributed by atoms with Crippen LogP contribution in [0.1, 0.15) is 38.2 Å². The maximum atomic E-state index is 12.4. The smallest absolute Gasteiger partial charge is 0.387 e. The lowest BCUT2D eigenvalue weighted by Gasteiger charge is -2.29. The normalized spacial score (nSPS) is 21.3. The number of hydrogen-bond donors (Lipinski definition) is 2. The number of hydrogen-bond acceptors (Lipinski definition) is 3. The van der Waals surface area contributed by atoms with E-state index in [0.717, 1.165) is 16.9 Å². The average Bonchev–Trinajstić information content (AvgIpc) is 2.57. The molecule has 5 nitrogen and oxygen atoms in total. The highest BCUT2D eigenvalue weighted by Gasteiger charge is 2.24. The number of likely N-dealkylation sites (N-methyl/N-ethyl adjacent to an activating group) is 1. The Bertz CT molecular complexity index is 598. The molecule has 1 fully saturated rings. The van der Waals surface area contributed by atoms with E-state index >= 15 is 0 Å². The number of benzene rings is 1. The summed E-state index contributed by atoms with van der Waals surface area (Å²) in [6, 6.07) is 5.12. The Labute approximate surface area is 153 Å². The minimum Gasteiger partial charge on any atom is -0.493 e. The lowest BCUT2D eigenvalue weighted by molar-refractivity contribution is -0.885. The van der Waals surface area contributed by atoms with Gasteiger partial charge in [-0.15, -0.1) is 0 Å². The monoisotopic (exact) mass is 371 g/mol. The van der Waals surface area contributed by atoms with Gasteiger partial charge in [0.1, 0.15) is 6.54 Å². The number of rotatable bonds is 8. The first-order valence-electron chi connectivity index (χ1n) is 9.11. The summed E-state index contributed by atoms with van der Waals surface area (Å²) < 4.78 is 34.3. The Balaban J connectivity index is 1.88. The summed E-state index contributed by atoms with van der Waals surface area (Å²) >= 11 is 0. The molecule has 1 amide bonds. The van der Waals surface area contributed by atoms with Gasteiger partial charge in [0.25, 0.3) is 5.91 Å². The zero-order valence-electron chi connectivity index (χ0n) is 15.7. The number of quaternary nitrogens is 1. The van der Waals surface area contributed by atoms with Crippen LogP contribution in [-0.4, -0.2) is 39.3 Å². The fourth-order valence-electron chi connectivity index (χ4n) is 3.49. The van der Waals surface area contributed by atoms with Crippen LogP contribution in [0.3, 0.4) is 0 Å². The highest BCUT2D eigenvalue weighted by atomic mass is 19.3. The molecule has 1 aromatic rings. The standard InChI is InChI=1S/C19H28F2N2O3/c1-13-6-4-5-7-15(13)22-18(24)12-23(2)11-14-8-9-16(26-19(20)21)17(10-14)25-3/h8-10,13,15,19H,4-7,11-12H2,1-3H3,(H,22,24)/p+1/t13-,15+/m0/s1. The second kappa shape index (κ2) is 9.71. The molecular formula is C19H29F2N2O3+. The fraction of sp³-hybridized carbons (Fsp3) is 0.632. The van der Waals surface area contributed by atoms with Crippen molar-refractivity contribution in [2.75, 3.05) is 20.7 Å². The van der Waals surface area contributed by atoms with Crippen LogP contribution in [0.2, 0.25) is 0 Å². The summed E-state index contributed by atoms with van der Waals surface area (Å²) in [6.07, 6.45) is 4.63. The molecule has 0 aliphatic heterocycles. The van der Waals surface area contributed by atoms with Crippen molar-refractivity contribution in [2.45, 2.75) is 51.8 Å². The molecule has 1 aliphatic rings. The molecular weight excluding hydrogens is 342 g/mol. The summed E-state index contributed by atoms with van der Waals surface area (Å²) in [5.74, 6) is 0.842. The number of halogens is 2. The third-order valence-corrected chi connectivity index (χ3v) is 4.87. The van der Waals surface area contributed by atoms with E-state index in [4.69, 9.17) is 4.74 Å². The van der Waals surface area contributed by atoms with Gasteiger partial charge in [-0.3, -0.25) is 4.79 Å². The summed E-state index contributed by atoms with van der Waals surface area (Å²) in [5.41, 5.74) is 0.889. The first-order chi connectivity index (χ1) is 12.4. The number of carbonyl (C=O) groups excluding carboxylic acids is 1. The second-order valence-electron chi connectivity index (χ2n) is 7.11. The van der Waals surface area contributed by atoms with E-state index in [1.54, 1.807) is 12.1 Å². The number of nitrogens with one attached hydrogen (secondary N) is 2. The summed E-state index contributed by atoms with van der Waals surface area (Å²) in [7, 11) is 3.34. The van der Waals surface area contributed by atoms with Gasteiger partial charge in [0.05, 0.1) is 14.2 Å². The minimum absolute atomic E-state index is 0.00734. The van der Waals surface area contributed by atoms with Crippen molar-refractivity contribution in [3.63, 3.8) is 0 Å². The summed E-state index contributed by atoms with van der Waals surface area (Å²) in [5, 5.41) is 3.15. The molecule has 0 heterocycles. The van der Waals surface area contributed by atoms with E-state index in [1.807, 2.05) is 7.05 Å². The number of methoxy groups -OCH3 is 1. The van der Waals surface area contributed by atoms with Crippen molar-refractivity contribution in [2.24, 2.45) is 5.92 Å². The average molecular weight is 371 g/mol. The maximum absolute atomic E-state index is 12.4. The molecule has 1 unspecified atom stereocenters. The minimum atomic E-state index is -2.89. The molecule has 3 atom stereocenters. The lowest BCUT2D eigenvalue weighted by Crippen LogP contribution is -3.09. The van der Waals surface area contributed by atoms with E-state index in [0.29, 0.717) is 19.0 Å². The molecule has 0 saturated heterocycles. The van der Waals surface area contributed by atoms with Crippen LogP contribution >= 0.6 is 0 Å². The van der Waals surface area contributed by atoms with Crippen molar-refractivity contribution in [1.29, 1.82) is 0 Å². The quantitative estimate of drug-likeness (QED) is 0.735. The van der Waals surface area contributed by atoms with Crippen LogP contribution in [-0.2, 0) is 11.3 Å². The van der Waals surface area contributed by atoms with Crippen LogP contribution in [0.25, 0.3) is 0 Å². The van der Waals surface area contributed by atoms with Gasteiger partial charge in [0.15, 0.2) is 18.0 Å². The Morgan fingerprint density at radius 1 is 1.31 bits per heavy atom. The third kappa shape index (κ3) is 6.12. The zero-order valence-corrected chi connectivity index (χ0v) is 15.7. The summed E-state index contributed by atoms with van der Waals surface area (Å²) in [4.78, 5) is 13.3. The second-order valence-corrected chi connectivity index (χ2v) is 7.11. The third-order valence-electron chi connectivity index (χ3n) is 4.87. The maximum Gasteiger partial charge on any atom is 0.387 e. The highest BCUT2D eigenvalue weighted by molar-refractivity contribution is 5.77. The molecule has 0 bridgehead atoms. The lowest BCUT2D eigenvalue weighted by atomic mass is 9.86. The van der Waals surface area contributed by atoms with Crippen LogP contribution in [0.4, 0.5) is 8.78 Å². The first kappa shape index (κ1) is 20.4. The molecule has 7 heteroatoms. The molecule has 0 radical (unpaired) electrons. The zero-order chi connectivity index (χ0) is 19.1. The van der Waals surface area contributed by atoms with Crippen molar-refractivity contribution >= 4 is 5.91 Å². The number of alkyl halides is 2. The topological polar surface area (TPSA) is 52.0 Å². The van der Waals surface area contributed by atoms with Crippen molar-refractivity contribution in [3.8, 4) is 11.5 Å². The Hall–Kier alpha value is -1.89. The Kier molecular flexibility index (Phi) is 7.63. The number of carbonyl (C=O) groups is 1. The molecule has 0 spiro atoms. The summed E-state index contributed by atoms with van der Waals surface area (Å²) in [6.45, 7) is 0.240.